The fourth-order valence-corrected chi connectivity index (χ4v) is 2.03. The van der Waals surface area contributed by atoms with Crippen molar-refractivity contribution in [1.82, 2.24) is 5.32 Å². The lowest BCUT2D eigenvalue weighted by molar-refractivity contribution is -0.383. The molecule has 6 nitrogen and oxygen atoms in total. The first-order chi connectivity index (χ1) is 10.5. The molecule has 0 aliphatic rings. The van der Waals surface area contributed by atoms with E-state index in [1.165, 1.54) is 6.07 Å². The van der Waals surface area contributed by atoms with Crippen molar-refractivity contribution in [2.75, 3.05) is 5.32 Å². The van der Waals surface area contributed by atoms with Gasteiger partial charge in [0.05, 0.1) is 4.92 Å². The molecule has 0 bridgehead atoms. The molecule has 0 aromatic heterocycles. The average Bonchev–Trinajstić information content (AvgIpc) is 2.47. The lowest BCUT2D eigenvalue weighted by Gasteiger charge is -2.10. The second-order valence-corrected chi connectivity index (χ2v) is 4.96. The first-order valence-electron chi connectivity index (χ1n) is 6.40. The highest BCUT2D eigenvalue weighted by atomic mass is 32.1. The van der Waals surface area contributed by atoms with Crippen LogP contribution in [0.3, 0.4) is 0 Å². The van der Waals surface area contributed by atoms with Gasteiger partial charge in [0.25, 0.3) is 11.6 Å². The van der Waals surface area contributed by atoms with Gasteiger partial charge in [-0.15, -0.1) is 0 Å². The molecule has 0 spiro atoms. The Bertz CT molecular complexity index is 732. The second-order valence-electron chi connectivity index (χ2n) is 4.55. The van der Waals surface area contributed by atoms with E-state index in [2.05, 4.69) is 10.6 Å². The van der Waals surface area contributed by atoms with Crippen molar-refractivity contribution in [3.8, 4) is 0 Å². The number of hydrogen-bond acceptors (Lipinski definition) is 4. The number of nitro groups is 1. The number of amides is 1. The summed E-state index contributed by atoms with van der Waals surface area (Å²) in [5.41, 5.74) is 1.42. The largest absolute Gasteiger partial charge is 0.327 e. The lowest BCUT2D eigenvalue weighted by atomic mass is 10.2. The van der Waals surface area contributed by atoms with E-state index in [1.807, 2.05) is 0 Å². The normalized spacial score (nSPS) is 9.86. The number of nitro benzene ring substituents is 1. The van der Waals surface area contributed by atoms with E-state index < -0.39 is 4.92 Å². The minimum atomic E-state index is -0.511. The summed E-state index contributed by atoms with van der Waals surface area (Å²) in [4.78, 5) is 22.4. The van der Waals surface area contributed by atoms with Crippen LogP contribution < -0.4 is 10.6 Å². The lowest BCUT2D eigenvalue weighted by Crippen LogP contribution is -2.34. The molecule has 2 N–H and O–H groups in total. The number of aryl methyl sites for hydroxylation is 1. The van der Waals surface area contributed by atoms with Crippen molar-refractivity contribution in [2.24, 2.45) is 0 Å². The SMILES string of the molecule is Cc1ccc([N+](=O)[O-])c(NC(=S)NC(=O)c2ccccc2)c1. The van der Waals surface area contributed by atoms with Crippen LogP contribution in [0.15, 0.2) is 48.5 Å². The minimum Gasteiger partial charge on any atom is -0.327 e. The highest BCUT2D eigenvalue weighted by Crippen LogP contribution is 2.25. The minimum absolute atomic E-state index is 0.00236. The van der Waals surface area contributed by atoms with Gasteiger partial charge in [-0.3, -0.25) is 20.2 Å². The molecule has 112 valence electrons. The molecule has 0 unspecified atom stereocenters. The number of carbonyl (C=O) groups is 1. The Morgan fingerprint density at radius 1 is 1.18 bits per heavy atom. The molecule has 0 aliphatic heterocycles. The maximum atomic E-state index is 12.0. The second kappa shape index (κ2) is 6.77. The Hall–Kier alpha value is -2.80. The maximum absolute atomic E-state index is 12.0. The predicted molar refractivity (Wildman–Crippen MR) is 88.0 cm³/mol. The van der Waals surface area contributed by atoms with Crippen LogP contribution in [0, 0.1) is 17.0 Å². The van der Waals surface area contributed by atoms with Crippen LogP contribution in [-0.4, -0.2) is 15.9 Å². The number of benzene rings is 2. The Balaban J connectivity index is 2.11. The fourth-order valence-electron chi connectivity index (χ4n) is 1.83. The van der Waals surface area contributed by atoms with E-state index in [0.717, 1.165) is 5.56 Å². The zero-order valence-electron chi connectivity index (χ0n) is 11.7. The molecular weight excluding hydrogens is 302 g/mol. The molecule has 2 aromatic carbocycles. The van der Waals surface area contributed by atoms with E-state index in [-0.39, 0.29) is 22.4 Å². The maximum Gasteiger partial charge on any atom is 0.292 e. The van der Waals surface area contributed by atoms with Crippen molar-refractivity contribution in [1.29, 1.82) is 0 Å². The molecule has 0 atom stereocenters. The van der Waals surface area contributed by atoms with Crippen molar-refractivity contribution in [3.05, 3.63) is 69.8 Å². The summed E-state index contributed by atoms with van der Waals surface area (Å²) in [7, 11) is 0. The first kappa shape index (κ1) is 15.6. The summed E-state index contributed by atoms with van der Waals surface area (Å²) < 4.78 is 0. The Kier molecular flexibility index (Phi) is 4.80. The Morgan fingerprint density at radius 3 is 2.50 bits per heavy atom. The Labute approximate surface area is 132 Å². The number of hydrogen-bond donors (Lipinski definition) is 2. The standard InChI is InChI=1S/C15H13N3O3S/c1-10-7-8-13(18(20)21)12(9-10)16-15(22)17-14(19)11-5-3-2-4-6-11/h2-9H,1H3,(H2,16,17,19,22). The van der Waals surface area contributed by atoms with Crippen molar-refractivity contribution < 1.29 is 9.72 Å². The third-order valence-corrected chi connectivity index (χ3v) is 3.06. The molecule has 2 rings (SSSR count). The van der Waals surface area contributed by atoms with Gasteiger partial charge >= 0.3 is 0 Å². The van der Waals surface area contributed by atoms with Gasteiger partial charge < -0.3 is 5.32 Å². The third-order valence-electron chi connectivity index (χ3n) is 2.86. The highest BCUT2D eigenvalue weighted by Gasteiger charge is 2.15. The summed E-state index contributed by atoms with van der Waals surface area (Å²) in [5.74, 6) is -0.381. The number of carbonyl (C=O) groups excluding carboxylic acids is 1. The molecule has 0 radical (unpaired) electrons. The molecule has 0 saturated carbocycles. The van der Waals surface area contributed by atoms with Crippen LogP contribution in [0.1, 0.15) is 15.9 Å². The van der Waals surface area contributed by atoms with Gasteiger partial charge in [0.15, 0.2) is 5.11 Å². The number of nitrogens with zero attached hydrogens (tertiary/aromatic N) is 1. The molecule has 22 heavy (non-hydrogen) atoms. The summed E-state index contributed by atoms with van der Waals surface area (Å²) in [6.07, 6.45) is 0. The zero-order chi connectivity index (χ0) is 16.1. The topological polar surface area (TPSA) is 84.3 Å². The van der Waals surface area contributed by atoms with E-state index >= 15 is 0 Å². The van der Waals surface area contributed by atoms with Gasteiger partial charge in [-0.2, -0.15) is 0 Å². The third kappa shape index (κ3) is 3.86. The molecule has 0 heterocycles. The van der Waals surface area contributed by atoms with Gasteiger partial charge in [0.1, 0.15) is 5.69 Å². The number of thiocarbonyl (C=S) groups is 1. The van der Waals surface area contributed by atoms with Gasteiger partial charge in [-0.05, 0) is 42.9 Å². The highest BCUT2D eigenvalue weighted by molar-refractivity contribution is 7.80. The molecule has 2 aromatic rings. The fraction of sp³-hybridized carbons (Fsp3) is 0.0667. The van der Waals surface area contributed by atoms with Crippen molar-refractivity contribution >= 4 is 34.6 Å². The number of rotatable bonds is 3. The van der Waals surface area contributed by atoms with Crippen molar-refractivity contribution in [3.63, 3.8) is 0 Å². The number of nitrogens with one attached hydrogen (secondary N) is 2. The van der Waals surface area contributed by atoms with E-state index in [4.69, 9.17) is 12.2 Å². The molecule has 7 heteroatoms. The summed E-state index contributed by atoms with van der Waals surface area (Å²) in [5, 5.41) is 16.2. The van der Waals surface area contributed by atoms with Crippen LogP contribution in [-0.2, 0) is 0 Å². The summed E-state index contributed by atoms with van der Waals surface area (Å²) in [6.45, 7) is 1.81. The van der Waals surface area contributed by atoms with Crippen LogP contribution in [0.25, 0.3) is 0 Å². The van der Waals surface area contributed by atoms with Gasteiger partial charge in [-0.1, -0.05) is 24.3 Å². The van der Waals surface area contributed by atoms with Crippen molar-refractivity contribution in [2.45, 2.75) is 6.92 Å². The van der Waals surface area contributed by atoms with E-state index in [0.29, 0.717) is 5.56 Å². The first-order valence-corrected chi connectivity index (χ1v) is 6.80. The van der Waals surface area contributed by atoms with Crippen LogP contribution >= 0.6 is 12.2 Å². The molecule has 0 saturated heterocycles. The van der Waals surface area contributed by atoms with Gasteiger partial charge in [0, 0.05) is 11.6 Å². The molecular formula is C15H13N3O3S. The zero-order valence-corrected chi connectivity index (χ0v) is 12.5. The molecule has 0 fully saturated rings. The van der Waals surface area contributed by atoms with E-state index in [9.17, 15) is 14.9 Å². The van der Waals surface area contributed by atoms with Gasteiger partial charge in [0.2, 0.25) is 0 Å². The van der Waals surface area contributed by atoms with Crippen LogP contribution in [0.5, 0.6) is 0 Å². The average molecular weight is 315 g/mol. The van der Waals surface area contributed by atoms with E-state index in [1.54, 1.807) is 49.4 Å². The quantitative estimate of drug-likeness (QED) is 0.517. The van der Waals surface area contributed by atoms with Crippen LogP contribution in [0.2, 0.25) is 0 Å². The summed E-state index contributed by atoms with van der Waals surface area (Å²) >= 11 is 5.04. The smallest absolute Gasteiger partial charge is 0.292 e. The van der Waals surface area contributed by atoms with Crippen LogP contribution in [0.4, 0.5) is 11.4 Å². The monoisotopic (exact) mass is 315 g/mol. The Morgan fingerprint density at radius 2 is 1.86 bits per heavy atom. The predicted octanol–water partition coefficient (Wildman–Crippen LogP) is 3.03. The summed E-state index contributed by atoms with van der Waals surface area (Å²) in [6, 6.07) is 13.2. The molecule has 0 aliphatic carbocycles. The number of anilines is 1. The molecule has 1 amide bonds. The van der Waals surface area contributed by atoms with Gasteiger partial charge in [-0.25, -0.2) is 0 Å².